The number of fused-ring (bicyclic) bond motifs is 1. The van der Waals surface area contributed by atoms with E-state index >= 15 is 0 Å². The molecular formula is C18H16F3N3O. The van der Waals surface area contributed by atoms with Crippen LogP contribution in [0.15, 0.2) is 48.7 Å². The fraction of sp³-hybridized carbons (Fsp3) is 0.167. The van der Waals surface area contributed by atoms with E-state index in [0.717, 1.165) is 18.3 Å². The van der Waals surface area contributed by atoms with Crippen LogP contribution in [-0.4, -0.2) is 22.1 Å². The Kier molecular flexibility index (Phi) is 3.84. The lowest BCUT2D eigenvalue weighted by molar-refractivity contribution is -0.247. The van der Waals surface area contributed by atoms with E-state index in [1.54, 1.807) is 25.2 Å². The number of nitrogens with two attached hydrogens (primary N) is 1. The Hall–Kier alpha value is -2.80. The number of anilines is 1. The molecule has 4 N–H and O–H groups in total. The third-order valence-electron chi connectivity index (χ3n) is 4.36. The van der Waals surface area contributed by atoms with Crippen molar-refractivity contribution < 1.29 is 18.3 Å². The molecule has 0 aliphatic carbocycles. The number of aryl methyl sites for hydroxylation is 1. The molecule has 3 aromatic rings. The number of aromatic nitrogens is 1. The van der Waals surface area contributed by atoms with Gasteiger partial charge >= 0.3 is 6.18 Å². The highest BCUT2D eigenvalue weighted by Gasteiger charge is 2.57. The average Bonchev–Trinajstić information content (AvgIpc) is 2.91. The maximum Gasteiger partial charge on any atom is 0.425 e. The Morgan fingerprint density at radius 2 is 1.84 bits per heavy atom. The van der Waals surface area contributed by atoms with Crippen LogP contribution in [0.2, 0.25) is 0 Å². The zero-order valence-electron chi connectivity index (χ0n) is 13.3. The fourth-order valence-corrected chi connectivity index (χ4v) is 3.03. The molecule has 2 aromatic carbocycles. The van der Waals surface area contributed by atoms with Crippen LogP contribution in [0, 0.1) is 5.41 Å². The molecule has 0 bridgehead atoms. The normalized spacial score (nSPS) is 14.4. The topological polar surface area (TPSA) is 75.0 Å². The summed E-state index contributed by atoms with van der Waals surface area (Å²) in [5.41, 5.74) is 2.65. The first-order chi connectivity index (χ1) is 11.7. The predicted octanol–water partition coefficient (Wildman–Crippen LogP) is 3.56. The molecule has 1 heterocycles. The number of hydrogen-bond acceptors (Lipinski definition) is 3. The number of halogens is 3. The Balaban J connectivity index is 2.36. The molecule has 1 aromatic heterocycles. The van der Waals surface area contributed by atoms with E-state index < -0.39 is 11.8 Å². The van der Waals surface area contributed by atoms with Crippen LogP contribution >= 0.6 is 0 Å². The van der Waals surface area contributed by atoms with Gasteiger partial charge in [-0.05, 0) is 23.8 Å². The Morgan fingerprint density at radius 1 is 1.16 bits per heavy atom. The van der Waals surface area contributed by atoms with Crippen LogP contribution in [0.1, 0.15) is 16.7 Å². The molecule has 0 saturated carbocycles. The predicted molar refractivity (Wildman–Crippen MR) is 90.7 cm³/mol. The molecule has 0 amide bonds. The standard InChI is InChI=1S/C18H16F3N3O/c1-24-10-14(13-4-2-3-5-16(13)24)17(25,18(19,20)21)12-6-7-15(23)11(8-12)9-22/h2-10,22,25H,23H2,1H3. The highest BCUT2D eigenvalue weighted by Crippen LogP contribution is 2.47. The number of para-hydroxylation sites is 1. The zero-order valence-corrected chi connectivity index (χ0v) is 13.3. The number of nitrogen functional groups attached to an aromatic ring is 1. The number of benzene rings is 2. The van der Waals surface area contributed by atoms with Gasteiger partial charge in [0.05, 0.1) is 0 Å². The van der Waals surface area contributed by atoms with Crippen LogP contribution in [0.4, 0.5) is 18.9 Å². The third-order valence-corrected chi connectivity index (χ3v) is 4.36. The van der Waals surface area contributed by atoms with E-state index in [9.17, 15) is 18.3 Å². The Morgan fingerprint density at radius 3 is 2.48 bits per heavy atom. The summed E-state index contributed by atoms with van der Waals surface area (Å²) in [6.07, 6.45) is -2.83. The third kappa shape index (κ3) is 2.47. The number of aliphatic hydroxyl groups is 1. The molecule has 1 unspecified atom stereocenters. The zero-order chi connectivity index (χ0) is 18.4. The van der Waals surface area contributed by atoms with Gasteiger partial charge in [0.1, 0.15) is 0 Å². The minimum absolute atomic E-state index is 0.111. The van der Waals surface area contributed by atoms with Crippen LogP contribution in [-0.2, 0) is 12.6 Å². The summed E-state index contributed by atoms with van der Waals surface area (Å²) in [4.78, 5) is 0. The van der Waals surface area contributed by atoms with Crippen molar-refractivity contribution in [3.8, 4) is 0 Å². The maximum atomic E-state index is 14.0. The van der Waals surface area contributed by atoms with Gasteiger partial charge in [-0.1, -0.05) is 24.3 Å². The average molecular weight is 347 g/mol. The summed E-state index contributed by atoms with van der Waals surface area (Å²) in [5, 5.41) is 18.5. The van der Waals surface area contributed by atoms with E-state index in [1.807, 2.05) is 0 Å². The van der Waals surface area contributed by atoms with E-state index in [0.29, 0.717) is 10.9 Å². The highest BCUT2D eigenvalue weighted by atomic mass is 19.4. The Labute approximate surface area is 141 Å². The van der Waals surface area contributed by atoms with Gasteiger partial charge in [0.25, 0.3) is 0 Å². The fourth-order valence-electron chi connectivity index (χ4n) is 3.03. The first kappa shape index (κ1) is 17.0. The van der Waals surface area contributed by atoms with Crippen molar-refractivity contribution in [3.05, 3.63) is 65.4 Å². The van der Waals surface area contributed by atoms with Gasteiger partial charge in [-0.3, -0.25) is 0 Å². The molecule has 0 aliphatic heterocycles. The summed E-state index contributed by atoms with van der Waals surface area (Å²) in [7, 11) is 1.62. The van der Waals surface area contributed by atoms with E-state index in [4.69, 9.17) is 11.1 Å². The van der Waals surface area contributed by atoms with E-state index in [2.05, 4.69) is 0 Å². The molecule has 25 heavy (non-hydrogen) atoms. The number of alkyl halides is 3. The van der Waals surface area contributed by atoms with Crippen molar-refractivity contribution in [2.24, 2.45) is 7.05 Å². The summed E-state index contributed by atoms with van der Waals surface area (Å²) < 4.78 is 43.5. The summed E-state index contributed by atoms with van der Waals surface area (Å²) in [6.45, 7) is 0. The summed E-state index contributed by atoms with van der Waals surface area (Å²) in [5.74, 6) is 0. The van der Waals surface area contributed by atoms with Gasteiger partial charge in [-0.25, -0.2) is 0 Å². The van der Waals surface area contributed by atoms with E-state index in [1.165, 1.54) is 22.9 Å². The van der Waals surface area contributed by atoms with Gasteiger partial charge < -0.3 is 20.8 Å². The second-order valence-electron chi connectivity index (χ2n) is 5.87. The van der Waals surface area contributed by atoms with Gasteiger partial charge in [-0.2, -0.15) is 13.2 Å². The molecule has 1 atom stereocenters. The lowest BCUT2D eigenvalue weighted by atomic mass is 9.84. The number of hydrogen-bond donors (Lipinski definition) is 3. The molecule has 4 nitrogen and oxygen atoms in total. The molecule has 7 heteroatoms. The van der Waals surface area contributed by atoms with Crippen molar-refractivity contribution in [2.45, 2.75) is 11.8 Å². The van der Waals surface area contributed by atoms with Gasteiger partial charge in [0.2, 0.25) is 5.60 Å². The lowest BCUT2D eigenvalue weighted by Gasteiger charge is -2.31. The molecule has 130 valence electrons. The molecular weight excluding hydrogens is 331 g/mol. The van der Waals surface area contributed by atoms with Crippen LogP contribution in [0.3, 0.4) is 0 Å². The molecule has 0 saturated heterocycles. The SMILES string of the molecule is Cn1cc(C(O)(c2ccc(N)c(C=N)c2)C(F)(F)F)c2ccccc21. The van der Waals surface area contributed by atoms with Gasteiger partial charge in [0, 0.05) is 47.2 Å². The second kappa shape index (κ2) is 5.63. The minimum Gasteiger partial charge on any atom is -0.398 e. The van der Waals surface area contributed by atoms with Crippen molar-refractivity contribution in [3.63, 3.8) is 0 Å². The first-order valence-corrected chi connectivity index (χ1v) is 7.44. The van der Waals surface area contributed by atoms with Crippen molar-refractivity contribution in [2.75, 3.05) is 5.73 Å². The minimum atomic E-state index is -4.97. The molecule has 0 radical (unpaired) electrons. The quantitative estimate of drug-likeness (QED) is 0.501. The van der Waals surface area contributed by atoms with Crippen LogP contribution < -0.4 is 5.73 Å². The van der Waals surface area contributed by atoms with Gasteiger partial charge in [-0.15, -0.1) is 0 Å². The monoisotopic (exact) mass is 347 g/mol. The number of nitrogens with one attached hydrogen (secondary N) is 1. The maximum absolute atomic E-state index is 14.0. The van der Waals surface area contributed by atoms with Crippen molar-refractivity contribution >= 4 is 22.8 Å². The van der Waals surface area contributed by atoms with Crippen LogP contribution in [0.5, 0.6) is 0 Å². The molecule has 0 aliphatic rings. The van der Waals surface area contributed by atoms with Crippen molar-refractivity contribution in [1.29, 1.82) is 5.41 Å². The van der Waals surface area contributed by atoms with Crippen molar-refractivity contribution in [1.82, 2.24) is 4.57 Å². The largest absolute Gasteiger partial charge is 0.425 e. The summed E-state index contributed by atoms with van der Waals surface area (Å²) >= 11 is 0. The lowest BCUT2D eigenvalue weighted by Crippen LogP contribution is -2.43. The smallest absolute Gasteiger partial charge is 0.398 e. The van der Waals surface area contributed by atoms with Crippen LogP contribution in [0.25, 0.3) is 10.9 Å². The number of nitrogens with zero attached hydrogens (tertiary/aromatic N) is 1. The molecule has 0 spiro atoms. The van der Waals surface area contributed by atoms with E-state index in [-0.39, 0.29) is 22.4 Å². The summed E-state index contributed by atoms with van der Waals surface area (Å²) in [6, 6.07) is 10.0. The molecule has 3 rings (SSSR count). The number of rotatable bonds is 3. The second-order valence-corrected chi connectivity index (χ2v) is 5.87. The Bertz CT molecular complexity index is 962. The van der Waals surface area contributed by atoms with Gasteiger partial charge in [0.15, 0.2) is 0 Å². The highest BCUT2D eigenvalue weighted by molar-refractivity contribution is 5.87. The first-order valence-electron chi connectivity index (χ1n) is 7.44. The molecule has 0 fully saturated rings.